The van der Waals surface area contributed by atoms with Crippen LogP contribution in [-0.2, 0) is 10.9 Å². The molecule has 35 heavy (non-hydrogen) atoms. The van der Waals surface area contributed by atoms with E-state index in [0.717, 1.165) is 9.90 Å². The lowest BCUT2D eigenvalue weighted by Crippen LogP contribution is -2.53. The summed E-state index contributed by atoms with van der Waals surface area (Å²) in [4.78, 5) is 10.7. The Kier molecular flexibility index (Phi) is 5.75. The summed E-state index contributed by atoms with van der Waals surface area (Å²) in [5, 5.41) is 23.6. The average Bonchev–Trinajstić information content (AvgIpc) is 3.16. The minimum absolute atomic E-state index is 0.135. The third-order valence-corrected chi connectivity index (χ3v) is 6.05. The van der Waals surface area contributed by atoms with Gasteiger partial charge in [0.2, 0.25) is 0 Å². The molecule has 1 saturated heterocycles. The van der Waals surface area contributed by atoms with Crippen LogP contribution in [0.1, 0.15) is 17.0 Å². The molecule has 3 aromatic heterocycles. The van der Waals surface area contributed by atoms with Crippen molar-refractivity contribution in [3.05, 3.63) is 52.4 Å². The number of hydrogen-bond acceptors (Lipinski definition) is 7. The van der Waals surface area contributed by atoms with Crippen LogP contribution in [0, 0.1) is 18.3 Å². The number of aliphatic hydroxyl groups excluding tert-OH is 1. The van der Waals surface area contributed by atoms with Gasteiger partial charge >= 0.3 is 6.18 Å². The minimum Gasteiger partial charge on any atom is -0.394 e. The molecule has 12 heteroatoms. The molecule has 1 aliphatic heterocycles. The van der Waals surface area contributed by atoms with E-state index in [9.17, 15) is 18.4 Å². The zero-order chi connectivity index (χ0) is 24.9. The summed E-state index contributed by atoms with van der Waals surface area (Å²) in [5.41, 5.74) is 0.0996. The van der Waals surface area contributed by atoms with Crippen molar-refractivity contribution in [2.75, 3.05) is 31.2 Å². The molecule has 4 aromatic rings. The van der Waals surface area contributed by atoms with Crippen LogP contribution in [0.4, 0.5) is 19.0 Å². The first-order valence-electron chi connectivity index (χ1n) is 10.7. The van der Waals surface area contributed by atoms with E-state index in [-0.39, 0.29) is 25.0 Å². The maximum Gasteiger partial charge on any atom is 0.436 e. The van der Waals surface area contributed by atoms with Crippen molar-refractivity contribution >= 4 is 34.0 Å². The van der Waals surface area contributed by atoms with Gasteiger partial charge in [-0.3, -0.25) is 4.98 Å². The monoisotopic (exact) mass is 502 g/mol. The van der Waals surface area contributed by atoms with Crippen molar-refractivity contribution in [2.45, 2.75) is 19.2 Å². The van der Waals surface area contributed by atoms with Crippen LogP contribution in [0.25, 0.3) is 27.7 Å². The number of aryl methyl sites for hydroxylation is 1. The quantitative estimate of drug-likeness (QED) is 0.440. The number of pyridine rings is 1. The number of nitriles is 1. The summed E-state index contributed by atoms with van der Waals surface area (Å²) in [6.45, 7) is 2.42. The maximum atomic E-state index is 13.7. The van der Waals surface area contributed by atoms with Gasteiger partial charge in [-0.05, 0) is 13.0 Å². The van der Waals surface area contributed by atoms with Gasteiger partial charge in [0.15, 0.2) is 11.3 Å². The van der Waals surface area contributed by atoms with Crippen LogP contribution in [0.5, 0.6) is 0 Å². The first kappa shape index (κ1) is 23.3. The zero-order valence-corrected chi connectivity index (χ0v) is 19.1. The van der Waals surface area contributed by atoms with E-state index in [4.69, 9.17) is 21.4 Å². The van der Waals surface area contributed by atoms with E-state index in [0.29, 0.717) is 46.3 Å². The van der Waals surface area contributed by atoms with E-state index in [2.05, 4.69) is 15.1 Å². The fourth-order valence-corrected chi connectivity index (χ4v) is 4.49. The first-order valence-corrected chi connectivity index (χ1v) is 11.0. The highest BCUT2D eigenvalue weighted by Crippen LogP contribution is 2.41. The Morgan fingerprint density at radius 3 is 2.77 bits per heavy atom. The molecule has 0 atom stereocenters. The molecule has 180 valence electrons. The molecule has 1 aliphatic rings. The molecule has 0 amide bonds. The lowest BCUT2D eigenvalue weighted by molar-refractivity contribution is -0.141. The van der Waals surface area contributed by atoms with E-state index < -0.39 is 17.4 Å². The largest absolute Gasteiger partial charge is 0.436 e. The van der Waals surface area contributed by atoms with E-state index >= 15 is 0 Å². The number of aliphatic hydroxyl groups is 1. The number of rotatable bonds is 5. The number of fused-ring (bicyclic) bond motifs is 2. The predicted octanol–water partition coefficient (Wildman–Crippen LogP) is 3.99. The summed E-state index contributed by atoms with van der Waals surface area (Å²) < 4.78 is 47.9. The van der Waals surface area contributed by atoms with E-state index in [1.807, 2.05) is 17.0 Å². The lowest BCUT2D eigenvalue weighted by Gasteiger charge is -2.41. The molecule has 0 bridgehead atoms. The fourth-order valence-electron chi connectivity index (χ4n) is 4.32. The molecule has 8 nitrogen and oxygen atoms in total. The molecule has 4 heterocycles. The standard InChI is InChI=1S/C23H18ClF3N6O2/c1-12-18(16-4-2-3-13-7-14(24)9-29-19(13)16)22(32-10-15(11-32)35-6-5-34)33-21(30-12)17(8-28)20(31-33)23(25,26)27/h2-4,7,9,15,34H,5-6,10-11H2,1H3. The van der Waals surface area contributed by atoms with Gasteiger partial charge in [-0.15, -0.1) is 0 Å². The lowest BCUT2D eigenvalue weighted by atomic mass is 9.99. The first-order chi connectivity index (χ1) is 16.7. The number of hydrogen-bond donors (Lipinski definition) is 1. The molecular weight excluding hydrogens is 485 g/mol. The van der Waals surface area contributed by atoms with Gasteiger partial charge in [0, 0.05) is 35.8 Å². The third-order valence-electron chi connectivity index (χ3n) is 5.84. The van der Waals surface area contributed by atoms with Gasteiger partial charge in [0.1, 0.15) is 17.5 Å². The topological polar surface area (TPSA) is 99.6 Å². The summed E-state index contributed by atoms with van der Waals surface area (Å²) in [7, 11) is 0. The zero-order valence-electron chi connectivity index (χ0n) is 18.3. The third kappa shape index (κ3) is 3.93. The van der Waals surface area contributed by atoms with E-state index in [1.165, 1.54) is 6.20 Å². The van der Waals surface area contributed by atoms with Crippen molar-refractivity contribution in [1.29, 1.82) is 5.26 Å². The molecule has 0 saturated carbocycles. The summed E-state index contributed by atoms with van der Waals surface area (Å²) in [6, 6.07) is 8.82. The van der Waals surface area contributed by atoms with E-state index in [1.54, 1.807) is 25.1 Å². The van der Waals surface area contributed by atoms with Crippen LogP contribution >= 0.6 is 11.6 Å². The number of benzene rings is 1. The highest BCUT2D eigenvalue weighted by Gasteiger charge is 2.41. The van der Waals surface area contributed by atoms with Crippen LogP contribution in [0.15, 0.2) is 30.5 Å². The van der Waals surface area contributed by atoms with Crippen molar-refractivity contribution in [2.24, 2.45) is 0 Å². The molecule has 0 aliphatic carbocycles. The summed E-state index contributed by atoms with van der Waals surface area (Å²) >= 11 is 6.11. The van der Waals surface area contributed by atoms with Crippen molar-refractivity contribution < 1.29 is 23.0 Å². The number of aromatic nitrogens is 4. The minimum atomic E-state index is -4.83. The van der Waals surface area contributed by atoms with Gasteiger partial charge in [-0.1, -0.05) is 29.8 Å². The van der Waals surface area contributed by atoms with Gasteiger partial charge < -0.3 is 14.7 Å². The van der Waals surface area contributed by atoms with Crippen molar-refractivity contribution in [3.63, 3.8) is 0 Å². The Bertz CT molecular complexity index is 1490. The van der Waals surface area contributed by atoms with Crippen molar-refractivity contribution in [1.82, 2.24) is 19.6 Å². The van der Waals surface area contributed by atoms with Gasteiger partial charge in [-0.25, -0.2) is 4.98 Å². The Morgan fingerprint density at radius 1 is 1.31 bits per heavy atom. The van der Waals surface area contributed by atoms with Gasteiger partial charge in [-0.2, -0.15) is 28.0 Å². The molecule has 0 spiro atoms. The SMILES string of the molecule is Cc1nc2c(C#N)c(C(F)(F)F)nn2c(N2CC(OCCO)C2)c1-c1cccc2cc(Cl)cnc12. The summed E-state index contributed by atoms with van der Waals surface area (Å²) in [6.07, 6.45) is -3.54. The number of anilines is 1. The van der Waals surface area contributed by atoms with Gasteiger partial charge in [0.05, 0.1) is 35.6 Å². The highest BCUT2D eigenvalue weighted by molar-refractivity contribution is 6.31. The number of para-hydroxylation sites is 1. The molecule has 1 aromatic carbocycles. The Balaban J connectivity index is 1.79. The Hall–Kier alpha value is -3.46. The maximum absolute atomic E-state index is 13.7. The van der Waals surface area contributed by atoms with Gasteiger partial charge in [0.25, 0.3) is 0 Å². The molecule has 5 rings (SSSR count). The average molecular weight is 503 g/mol. The predicted molar refractivity (Wildman–Crippen MR) is 122 cm³/mol. The van der Waals surface area contributed by atoms with Crippen LogP contribution in [-0.4, -0.2) is 57.1 Å². The van der Waals surface area contributed by atoms with Crippen molar-refractivity contribution in [3.8, 4) is 17.2 Å². The summed E-state index contributed by atoms with van der Waals surface area (Å²) in [5.74, 6) is 0.354. The Morgan fingerprint density at radius 2 is 2.09 bits per heavy atom. The number of alkyl halides is 3. The number of nitrogens with zero attached hydrogens (tertiary/aromatic N) is 6. The smallest absolute Gasteiger partial charge is 0.394 e. The molecule has 1 fully saturated rings. The van der Waals surface area contributed by atoms with Crippen LogP contribution in [0.3, 0.4) is 0 Å². The number of halogens is 4. The van der Waals surface area contributed by atoms with Crippen LogP contribution < -0.4 is 4.90 Å². The fraction of sp³-hybridized carbons (Fsp3) is 0.304. The molecule has 1 N–H and O–H groups in total. The molecular formula is C23H18ClF3N6O2. The normalized spacial score (nSPS) is 14.5. The second-order valence-corrected chi connectivity index (χ2v) is 8.55. The van der Waals surface area contributed by atoms with Crippen LogP contribution in [0.2, 0.25) is 5.02 Å². The number of ether oxygens (including phenoxy) is 1. The molecule has 0 radical (unpaired) electrons. The second kappa shape index (κ2) is 8.64. The molecule has 0 unspecified atom stereocenters. The highest BCUT2D eigenvalue weighted by atomic mass is 35.5. The second-order valence-electron chi connectivity index (χ2n) is 8.12. The Labute approximate surface area is 202 Å².